The van der Waals surface area contributed by atoms with Crippen LogP contribution in [0.5, 0.6) is 0 Å². The lowest BCUT2D eigenvalue weighted by molar-refractivity contribution is 0.106. The molecule has 0 spiro atoms. The fourth-order valence-corrected chi connectivity index (χ4v) is 3.33. The summed E-state index contributed by atoms with van der Waals surface area (Å²) in [5.74, 6) is 0.542. The fraction of sp³-hybridized carbons (Fsp3) is 0.105. The Kier molecular flexibility index (Phi) is 4.53. The van der Waals surface area contributed by atoms with Gasteiger partial charge in [-0.15, -0.1) is 0 Å². The molecule has 0 bridgehead atoms. The van der Waals surface area contributed by atoms with E-state index in [4.69, 9.17) is 4.52 Å². The van der Waals surface area contributed by atoms with Crippen LogP contribution in [0.25, 0.3) is 11.3 Å². The molecule has 0 unspecified atom stereocenters. The third kappa shape index (κ3) is 3.32. The monoisotopic (exact) mass is 323 g/mol. The molecule has 0 radical (unpaired) electrons. The van der Waals surface area contributed by atoms with Crippen LogP contribution in [0.3, 0.4) is 0 Å². The van der Waals surface area contributed by atoms with Gasteiger partial charge in [0.15, 0.2) is 5.76 Å². The molecular weight excluding hydrogens is 306 g/mol. The molecule has 23 heavy (non-hydrogen) atoms. The number of hydrogen-bond acceptors (Lipinski definition) is 3. The minimum Gasteiger partial charge on any atom is -0.355 e. The van der Waals surface area contributed by atoms with Crippen molar-refractivity contribution >= 4 is 21.1 Å². The van der Waals surface area contributed by atoms with Crippen molar-refractivity contribution in [2.75, 3.05) is 12.5 Å². The Bertz CT molecular complexity index is 847. The van der Waals surface area contributed by atoms with Crippen molar-refractivity contribution in [3.8, 4) is 11.3 Å². The minimum absolute atomic E-state index is 0.00491. The molecule has 0 saturated carbocycles. The highest BCUT2D eigenvalue weighted by Gasteiger charge is 2.20. The van der Waals surface area contributed by atoms with Gasteiger partial charge in [-0.3, -0.25) is 4.79 Å². The van der Waals surface area contributed by atoms with E-state index < -0.39 is 0 Å². The van der Waals surface area contributed by atoms with E-state index in [0.29, 0.717) is 16.2 Å². The maximum Gasteiger partial charge on any atom is 0.202 e. The van der Waals surface area contributed by atoms with Crippen LogP contribution in [-0.4, -0.2) is 28.3 Å². The average Bonchev–Trinajstić information content (AvgIpc) is 3.06. The summed E-state index contributed by atoms with van der Waals surface area (Å²) < 4.78 is 5.48. The van der Waals surface area contributed by atoms with Crippen LogP contribution in [-0.2, 0) is 0 Å². The highest BCUT2D eigenvalue weighted by molar-refractivity contribution is 8.16. The third-order valence-electron chi connectivity index (χ3n) is 3.45. The van der Waals surface area contributed by atoms with Crippen LogP contribution >= 0.6 is 10.5 Å². The van der Waals surface area contributed by atoms with E-state index in [-0.39, 0.29) is 16.3 Å². The van der Waals surface area contributed by atoms with Gasteiger partial charge >= 0.3 is 0 Å². The van der Waals surface area contributed by atoms with Crippen molar-refractivity contribution < 1.29 is 9.32 Å². The Morgan fingerprint density at radius 3 is 2.17 bits per heavy atom. The van der Waals surface area contributed by atoms with E-state index in [1.807, 2.05) is 79.2 Å². The standard InChI is InChI=1S/C19H17NO2S/c1-23(2)19(18(21)15-11-7-4-8-12-15)17-13-16(20-22-17)14-9-5-3-6-10-14/h3-13H,1-2H3. The summed E-state index contributed by atoms with van der Waals surface area (Å²) in [5, 5.41) is 4.12. The normalized spacial score (nSPS) is 10.7. The summed E-state index contributed by atoms with van der Waals surface area (Å²) in [7, 11) is -0.245. The van der Waals surface area contributed by atoms with Crippen molar-refractivity contribution in [1.82, 2.24) is 5.16 Å². The molecule has 0 fully saturated rings. The SMILES string of the molecule is CS(C)=C(C(=O)c1ccccc1)c1cc(-c2ccccc2)no1. The molecule has 0 N–H and O–H groups in total. The summed E-state index contributed by atoms with van der Waals surface area (Å²) >= 11 is 0. The van der Waals surface area contributed by atoms with Crippen molar-refractivity contribution in [3.05, 3.63) is 78.1 Å². The number of aromatic nitrogens is 1. The molecule has 0 saturated heterocycles. The molecule has 0 aliphatic rings. The Balaban J connectivity index is 2.00. The smallest absolute Gasteiger partial charge is 0.202 e. The lowest BCUT2D eigenvalue weighted by atomic mass is 10.1. The molecule has 116 valence electrons. The molecule has 3 rings (SSSR count). The van der Waals surface area contributed by atoms with Crippen LogP contribution < -0.4 is 0 Å². The van der Waals surface area contributed by atoms with Gasteiger partial charge in [-0.2, -0.15) is 10.5 Å². The Morgan fingerprint density at radius 1 is 0.957 bits per heavy atom. The van der Waals surface area contributed by atoms with Gasteiger partial charge in [0.05, 0.1) is 4.86 Å². The first-order valence-corrected chi connectivity index (χ1v) is 9.28. The Labute approximate surface area is 137 Å². The zero-order valence-corrected chi connectivity index (χ0v) is 13.8. The second kappa shape index (κ2) is 6.75. The molecule has 0 aliphatic heterocycles. The van der Waals surface area contributed by atoms with Gasteiger partial charge in [0.1, 0.15) is 5.69 Å². The Morgan fingerprint density at radius 2 is 1.57 bits per heavy atom. The first-order chi connectivity index (χ1) is 11.2. The van der Waals surface area contributed by atoms with Gasteiger partial charge < -0.3 is 4.52 Å². The third-order valence-corrected chi connectivity index (χ3v) is 4.66. The largest absolute Gasteiger partial charge is 0.355 e. The first-order valence-electron chi connectivity index (χ1n) is 7.23. The molecule has 0 atom stereocenters. The number of rotatable bonds is 4. The second-order valence-corrected chi connectivity index (χ2v) is 7.32. The van der Waals surface area contributed by atoms with E-state index in [1.165, 1.54) is 0 Å². The molecule has 3 aromatic rings. The van der Waals surface area contributed by atoms with Crippen molar-refractivity contribution in [2.45, 2.75) is 0 Å². The van der Waals surface area contributed by atoms with E-state index in [9.17, 15) is 4.79 Å². The summed E-state index contributed by atoms with van der Waals surface area (Å²) in [6, 6.07) is 20.9. The summed E-state index contributed by atoms with van der Waals surface area (Å²) in [6.45, 7) is 0. The maximum absolute atomic E-state index is 12.8. The van der Waals surface area contributed by atoms with Crippen LogP contribution in [0.2, 0.25) is 0 Å². The number of Topliss-reactive ketones (excluding diaryl/α,β-unsaturated/α-hetero) is 1. The molecule has 0 aliphatic carbocycles. The van der Waals surface area contributed by atoms with Gasteiger partial charge in [-0.25, -0.2) is 0 Å². The van der Waals surface area contributed by atoms with E-state index in [0.717, 1.165) is 11.3 Å². The molecule has 1 aromatic heterocycles. The van der Waals surface area contributed by atoms with Crippen LogP contribution in [0.1, 0.15) is 16.1 Å². The van der Waals surface area contributed by atoms with E-state index in [1.54, 1.807) is 0 Å². The first kappa shape index (κ1) is 15.4. The minimum atomic E-state index is -0.245. The van der Waals surface area contributed by atoms with Gasteiger partial charge in [-0.1, -0.05) is 65.8 Å². The number of carbonyl (C=O) groups excluding carboxylic acids is 1. The van der Waals surface area contributed by atoms with Crippen LogP contribution in [0, 0.1) is 0 Å². The van der Waals surface area contributed by atoms with E-state index in [2.05, 4.69) is 5.16 Å². The maximum atomic E-state index is 12.8. The summed E-state index contributed by atoms with van der Waals surface area (Å²) in [6.07, 6.45) is 4.03. The van der Waals surface area contributed by atoms with Gasteiger partial charge in [0.2, 0.25) is 5.78 Å². The predicted molar refractivity (Wildman–Crippen MR) is 96.3 cm³/mol. The van der Waals surface area contributed by atoms with Crippen LogP contribution in [0.15, 0.2) is 71.3 Å². The molecule has 3 nitrogen and oxygen atoms in total. The summed E-state index contributed by atoms with van der Waals surface area (Å²) in [4.78, 5) is 13.5. The lowest BCUT2D eigenvalue weighted by Crippen LogP contribution is -2.15. The molecule has 1 heterocycles. The van der Waals surface area contributed by atoms with Crippen molar-refractivity contribution in [1.29, 1.82) is 0 Å². The number of hydrogen-bond donors (Lipinski definition) is 0. The fourth-order valence-electron chi connectivity index (χ4n) is 2.35. The topological polar surface area (TPSA) is 43.1 Å². The predicted octanol–water partition coefficient (Wildman–Crippen LogP) is 4.27. The molecule has 4 heteroatoms. The van der Waals surface area contributed by atoms with E-state index >= 15 is 0 Å². The highest BCUT2D eigenvalue weighted by atomic mass is 32.2. The van der Waals surface area contributed by atoms with Crippen molar-refractivity contribution in [3.63, 3.8) is 0 Å². The molecular formula is C19H17NO2S. The number of benzene rings is 2. The number of carbonyl (C=O) groups is 1. The molecule has 2 aromatic carbocycles. The summed E-state index contributed by atoms with van der Waals surface area (Å²) in [5.41, 5.74) is 2.38. The zero-order valence-electron chi connectivity index (χ0n) is 13.0. The molecule has 0 amide bonds. The van der Waals surface area contributed by atoms with Gasteiger partial charge in [0, 0.05) is 17.2 Å². The van der Waals surface area contributed by atoms with Gasteiger partial charge in [-0.05, 0) is 12.5 Å². The highest BCUT2D eigenvalue weighted by Crippen LogP contribution is 2.23. The number of ketones is 1. The average molecular weight is 323 g/mol. The van der Waals surface area contributed by atoms with Gasteiger partial charge in [0.25, 0.3) is 0 Å². The van der Waals surface area contributed by atoms with Crippen molar-refractivity contribution in [2.24, 2.45) is 0 Å². The second-order valence-electron chi connectivity index (χ2n) is 5.28. The zero-order chi connectivity index (χ0) is 16.2. The lowest BCUT2D eigenvalue weighted by Gasteiger charge is -2.06. The number of nitrogens with zero attached hydrogens (tertiary/aromatic N) is 1. The quantitative estimate of drug-likeness (QED) is 0.532. The Hall–Kier alpha value is -2.46. The van der Waals surface area contributed by atoms with Crippen LogP contribution in [0.4, 0.5) is 0 Å².